The predicted octanol–water partition coefficient (Wildman–Crippen LogP) is 1.61. The Bertz CT molecular complexity index is 554. The number of anilines is 1. The lowest BCUT2D eigenvalue weighted by atomic mass is 9.73. The number of hydrogen-bond acceptors (Lipinski definition) is 3. The van der Waals surface area contributed by atoms with Crippen molar-refractivity contribution in [2.24, 2.45) is 5.92 Å². The van der Waals surface area contributed by atoms with Crippen LogP contribution in [-0.2, 0) is 15.2 Å². The molecule has 2 atom stereocenters. The Morgan fingerprint density at radius 2 is 2.00 bits per heavy atom. The highest BCUT2D eigenvalue weighted by Crippen LogP contribution is 2.47. The number of aliphatic hydroxyl groups is 1. The van der Waals surface area contributed by atoms with Gasteiger partial charge in [-0.1, -0.05) is 24.6 Å². The molecule has 1 aromatic rings. The van der Waals surface area contributed by atoms with Crippen LogP contribution in [0.4, 0.5) is 5.69 Å². The van der Waals surface area contributed by atoms with Crippen molar-refractivity contribution in [1.82, 2.24) is 0 Å². The van der Waals surface area contributed by atoms with E-state index in [2.05, 4.69) is 0 Å². The number of rotatable bonds is 1. The molecule has 1 aliphatic heterocycles. The number of hydrogen-bond donors (Lipinski definition) is 1. The molecular formula is C15H17NO3. The molecule has 4 nitrogen and oxygen atoms in total. The molecule has 0 saturated heterocycles. The highest BCUT2D eigenvalue weighted by molar-refractivity contribution is 6.09. The Morgan fingerprint density at radius 3 is 2.74 bits per heavy atom. The molecule has 4 heteroatoms. The van der Waals surface area contributed by atoms with Gasteiger partial charge in [-0.05, 0) is 18.9 Å². The van der Waals surface area contributed by atoms with Crippen molar-refractivity contribution in [2.75, 3.05) is 11.9 Å². The van der Waals surface area contributed by atoms with Crippen LogP contribution in [0.2, 0.25) is 0 Å². The highest BCUT2D eigenvalue weighted by atomic mass is 16.3. The maximum Gasteiger partial charge on any atom is 0.264 e. The van der Waals surface area contributed by atoms with E-state index in [4.69, 9.17) is 0 Å². The van der Waals surface area contributed by atoms with Gasteiger partial charge in [0.25, 0.3) is 5.91 Å². The van der Waals surface area contributed by atoms with E-state index < -0.39 is 11.5 Å². The molecule has 1 saturated carbocycles. The van der Waals surface area contributed by atoms with E-state index in [-0.39, 0.29) is 11.7 Å². The third-order valence-electron chi connectivity index (χ3n) is 4.37. The summed E-state index contributed by atoms with van der Waals surface area (Å²) in [5.74, 6) is -0.971. The summed E-state index contributed by atoms with van der Waals surface area (Å²) < 4.78 is 0. The van der Waals surface area contributed by atoms with E-state index in [0.29, 0.717) is 24.1 Å². The lowest BCUT2D eigenvalue weighted by Crippen LogP contribution is -2.48. The van der Waals surface area contributed by atoms with Crippen LogP contribution in [0.1, 0.15) is 31.2 Å². The van der Waals surface area contributed by atoms with E-state index in [1.54, 1.807) is 25.2 Å². The molecule has 0 bridgehead atoms. The second kappa shape index (κ2) is 4.17. The number of ketones is 1. The Balaban J connectivity index is 2.12. The largest absolute Gasteiger partial charge is 0.375 e. The minimum absolute atomic E-state index is 0.00667. The first kappa shape index (κ1) is 12.4. The normalized spacial score (nSPS) is 30.6. The molecule has 3 rings (SSSR count). The summed E-state index contributed by atoms with van der Waals surface area (Å²) in [6.07, 6.45) is 2.80. The van der Waals surface area contributed by atoms with Crippen LogP contribution in [0.25, 0.3) is 0 Å². The van der Waals surface area contributed by atoms with Crippen molar-refractivity contribution in [1.29, 1.82) is 0 Å². The smallest absolute Gasteiger partial charge is 0.264 e. The van der Waals surface area contributed by atoms with E-state index in [1.807, 2.05) is 6.07 Å². The molecule has 1 N–H and O–H groups in total. The fraction of sp³-hybridized carbons (Fsp3) is 0.467. The fourth-order valence-corrected chi connectivity index (χ4v) is 3.33. The minimum Gasteiger partial charge on any atom is -0.375 e. The van der Waals surface area contributed by atoms with Gasteiger partial charge in [-0.25, -0.2) is 0 Å². The van der Waals surface area contributed by atoms with Crippen molar-refractivity contribution in [2.45, 2.75) is 31.3 Å². The van der Waals surface area contributed by atoms with Gasteiger partial charge in [-0.3, -0.25) is 9.59 Å². The van der Waals surface area contributed by atoms with Crippen LogP contribution >= 0.6 is 0 Å². The first-order valence-electron chi connectivity index (χ1n) is 6.69. The number of Topliss-reactive ketones (excluding diaryl/α,β-unsaturated/α-hetero) is 1. The molecule has 2 aliphatic rings. The zero-order chi connectivity index (χ0) is 13.6. The molecule has 1 heterocycles. The molecule has 1 aromatic carbocycles. The molecule has 1 amide bonds. The van der Waals surface area contributed by atoms with Crippen LogP contribution in [0.15, 0.2) is 24.3 Å². The van der Waals surface area contributed by atoms with E-state index in [9.17, 15) is 14.7 Å². The SMILES string of the molecule is CN1C(=O)C(O)(C2CCCCC2=O)c2ccccc21. The third kappa shape index (κ3) is 1.56. The summed E-state index contributed by atoms with van der Waals surface area (Å²) in [5.41, 5.74) is -0.390. The van der Waals surface area contributed by atoms with Gasteiger partial charge < -0.3 is 10.0 Å². The number of amides is 1. The fourth-order valence-electron chi connectivity index (χ4n) is 3.33. The lowest BCUT2D eigenvalue weighted by molar-refractivity contribution is -0.151. The van der Waals surface area contributed by atoms with E-state index in [1.165, 1.54) is 4.90 Å². The summed E-state index contributed by atoms with van der Waals surface area (Å²) in [6, 6.07) is 7.18. The topological polar surface area (TPSA) is 57.6 Å². The Labute approximate surface area is 112 Å². The number of fused-ring (bicyclic) bond motifs is 1. The van der Waals surface area contributed by atoms with Gasteiger partial charge in [0.2, 0.25) is 0 Å². The van der Waals surface area contributed by atoms with Crippen molar-refractivity contribution in [3.05, 3.63) is 29.8 Å². The molecule has 1 fully saturated rings. The molecular weight excluding hydrogens is 242 g/mol. The first-order chi connectivity index (χ1) is 9.06. The van der Waals surface area contributed by atoms with Crippen molar-refractivity contribution in [3.8, 4) is 0 Å². The van der Waals surface area contributed by atoms with Crippen molar-refractivity contribution >= 4 is 17.4 Å². The molecule has 2 unspecified atom stereocenters. The molecule has 0 radical (unpaired) electrons. The summed E-state index contributed by atoms with van der Waals surface area (Å²) in [4.78, 5) is 26.0. The van der Waals surface area contributed by atoms with E-state index in [0.717, 1.165) is 12.8 Å². The lowest BCUT2D eigenvalue weighted by Gasteiger charge is -2.33. The molecule has 0 aromatic heterocycles. The maximum absolute atomic E-state index is 12.5. The number of nitrogens with zero attached hydrogens (tertiary/aromatic N) is 1. The number of para-hydroxylation sites is 1. The van der Waals surface area contributed by atoms with Gasteiger partial charge in [-0.2, -0.15) is 0 Å². The standard InChI is InChI=1S/C15H17NO3/c1-16-12-8-4-2-6-10(12)15(19,14(16)18)11-7-3-5-9-13(11)17/h2,4,6,8,11,19H,3,5,7,9H2,1H3. The second-order valence-electron chi connectivity index (χ2n) is 5.41. The van der Waals surface area contributed by atoms with Gasteiger partial charge in [0, 0.05) is 19.0 Å². The van der Waals surface area contributed by atoms with E-state index >= 15 is 0 Å². The van der Waals surface area contributed by atoms with Gasteiger partial charge in [0.05, 0.1) is 11.6 Å². The van der Waals surface area contributed by atoms with Gasteiger partial charge >= 0.3 is 0 Å². The predicted molar refractivity (Wildman–Crippen MR) is 70.7 cm³/mol. The second-order valence-corrected chi connectivity index (χ2v) is 5.41. The van der Waals surface area contributed by atoms with Crippen LogP contribution in [-0.4, -0.2) is 23.8 Å². The number of benzene rings is 1. The van der Waals surface area contributed by atoms with Crippen LogP contribution in [0.3, 0.4) is 0 Å². The Morgan fingerprint density at radius 1 is 1.26 bits per heavy atom. The van der Waals surface area contributed by atoms with Gasteiger partial charge in [0.15, 0.2) is 5.60 Å². The minimum atomic E-state index is -1.66. The molecule has 19 heavy (non-hydrogen) atoms. The zero-order valence-corrected chi connectivity index (χ0v) is 10.9. The quantitative estimate of drug-likeness (QED) is 0.833. The third-order valence-corrected chi connectivity index (χ3v) is 4.37. The first-order valence-corrected chi connectivity index (χ1v) is 6.69. The van der Waals surface area contributed by atoms with Gasteiger partial charge in [0.1, 0.15) is 5.78 Å². The number of likely N-dealkylation sites (N-methyl/N-ethyl adjacent to an activating group) is 1. The summed E-state index contributed by atoms with van der Waals surface area (Å²) in [7, 11) is 1.65. The molecule has 1 aliphatic carbocycles. The van der Waals surface area contributed by atoms with Crippen LogP contribution in [0.5, 0.6) is 0 Å². The summed E-state index contributed by atoms with van der Waals surface area (Å²) in [5, 5.41) is 11.0. The van der Waals surface area contributed by atoms with Crippen molar-refractivity contribution in [3.63, 3.8) is 0 Å². The zero-order valence-electron chi connectivity index (χ0n) is 10.9. The van der Waals surface area contributed by atoms with Gasteiger partial charge in [-0.15, -0.1) is 0 Å². The highest BCUT2D eigenvalue weighted by Gasteiger charge is 2.55. The summed E-state index contributed by atoms with van der Waals surface area (Å²) >= 11 is 0. The monoisotopic (exact) mass is 259 g/mol. The average Bonchev–Trinajstić information content (AvgIpc) is 2.63. The number of carbonyl (C=O) groups is 2. The maximum atomic E-state index is 12.5. The average molecular weight is 259 g/mol. The van der Waals surface area contributed by atoms with Crippen LogP contribution in [0, 0.1) is 5.92 Å². The van der Waals surface area contributed by atoms with Crippen molar-refractivity contribution < 1.29 is 14.7 Å². The molecule has 0 spiro atoms. The number of carbonyl (C=O) groups excluding carboxylic acids is 2. The Hall–Kier alpha value is -1.68. The summed E-state index contributed by atoms with van der Waals surface area (Å²) in [6.45, 7) is 0. The van der Waals surface area contributed by atoms with Crippen LogP contribution < -0.4 is 4.90 Å². The molecule has 100 valence electrons. The Kier molecular flexibility index (Phi) is 2.71.